The van der Waals surface area contributed by atoms with E-state index >= 15 is 0 Å². The molecule has 0 aliphatic rings. The summed E-state index contributed by atoms with van der Waals surface area (Å²) in [5.41, 5.74) is 2.92. The number of benzene rings is 1. The molecule has 0 saturated heterocycles. The predicted octanol–water partition coefficient (Wildman–Crippen LogP) is 2.33. The highest BCUT2D eigenvalue weighted by atomic mass is 16.4. The van der Waals surface area contributed by atoms with Crippen LogP contribution in [-0.4, -0.2) is 25.6 Å². The van der Waals surface area contributed by atoms with E-state index in [1.165, 1.54) is 12.4 Å². The monoisotopic (exact) mass is 253 g/mol. The van der Waals surface area contributed by atoms with E-state index in [1.807, 2.05) is 42.1 Å². The molecule has 0 bridgehead atoms. The molecule has 2 aromatic heterocycles. The zero-order valence-corrected chi connectivity index (χ0v) is 10.2. The molecule has 0 radical (unpaired) electrons. The summed E-state index contributed by atoms with van der Waals surface area (Å²) >= 11 is 0. The van der Waals surface area contributed by atoms with Gasteiger partial charge in [-0.1, -0.05) is 6.07 Å². The number of hydrogen-bond acceptors (Lipinski definition) is 3. The maximum absolute atomic E-state index is 10.7. The molecule has 0 aliphatic heterocycles. The average molecular weight is 253 g/mol. The highest BCUT2D eigenvalue weighted by Gasteiger charge is 2.07. The molecule has 1 aromatic carbocycles. The molecule has 0 saturated carbocycles. The van der Waals surface area contributed by atoms with Crippen molar-refractivity contribution in [1.82, 2.24) is 14.5 Å². The lowest BCUT2D eigenvalue weighted by atomic mass is 10.1. The second-order valence-electron chi connectivity index (χ2n) is 4.30. The zero-order valence-electron chi connectivity index (χ0n) is 10.2. The van der Waals surface area contributed by atoms with Crippen LogP contribution in [0.15, 0.2) is 42.9 Å². The van der Waals surface area contributed by atoms with Crippen molar-refractivity contribution in [3.8, 4) is 11.1 Å². The topological polar surface area (TPSA) is 68.0 Å². The van der Waals surface area contributed by atoms with E-state index in [4.69, 9.17) is 5.11 Å². The molecule has 0 atom stereocenters. The van der Waals surface area contributed by atoms with Crippen LogP contribution in [0.4, 0.5) is 0 Å². The number of hydrogen-bond donors (Lipinski definition) is 1. The third-order valence-corrected chi connectivity index (χ3v) is 3.06. The first-order chi connectivity index (χ1) is 9.15. The third-order valence-electron chi connectivity index (χ3n) is 3.06. The van der Waals surface area contributed by atoms with E-state index in [-0.39, 0.29) is 5.82 Å². The minimum Gasteiger partial charge on any atom is -0.475 e. The number of fused-ring (bicyclic) bond motifs is 1. The molecular weight excluding hydrogens is 242 g/mol. The standard InChI is InChI=1S/C14H11N3O2/c1-17-5-4-10-6-9(2-3-12(10)17)11-7-15-13(14(18)19)16-8-11/h2-8H,1H3,(H,18,19). The summed E-state index contributed by atoms with van der Waals surface area (Å²) < 4.78 is 2.04. The summed E-state index contributed by atoms with van der Waals surface area (Å²) in [7, 11) is 1.99. The number of nitrogens with zero attached hydrogens (tertiary/aromatic N) is 3. The highest BCUT2D eigenvalue weighted by molar-refractivity contribution is 5.86. The van der Waals surface area contributed by atoms with Crippen LogP contribution in [0, 0.1) is 0 Å². The summed E-state index contributed by atoms with van der Waals surface area (Å²) in [5.74, 6) is -1.31. The second kappa shape index (κ2) is 4.20. The van der Waals surface area contributed by atoms with Gasteiger partial charge in [-0.25, -0.2) is 14.8 Å². The summed E-state index contributed by atoms with van der Waals surface area (Å²) in [4.78, 5) is 18.3. The van der Waals surface area contributed by atoms with Gasteiger partial charge in [-0.05, 0) is 23.8 Å². The van der Waals surface area contributed by atoms with Crippen molar-refractivity contribution in [3.63, 3.8) is 0 Å². The van der Waals surface area contributed by atoms with Gasteiger partial charge in [-0.3, -0.25) is 0 Å². The SMILES string of the molecule is Cn1ccc2cc(-c3cnc(C(=O)O)nc3)ccc21. The van der Waals surface area contributed by atoms with Gasteiger partial charge in [0.15, 0.2) is 0 Å². The molecule has 0 unspecified atom stereocenters. The van der Waals surface area contributed by atoms with E-state index in [0.717, 1.165) is 22.0 Å². The van der Waals surface area contributed by atoms with Gasteiger partial charge >= 0.3 is 5.97 Å². The van der Waals surface area contributed by atoms with Gasteiger partial charge in [0.1, 0.15) is 0 Å². The fourth-order valence-electron chi connectivity index (χ4n) is 2.05. The lowest BCUT2D eigenvalue weighted by molar-refractivity contribution is 0.0683. The Labute approximate surface area is 109 Å². The molecule has 0 amide bonds. The highest BCUT2D eigenvalue weighted by Crippen LogP contribution is 2.23. The Morgan fingerprint density at radius 3 is 2.58 bits per heavy atom. The molecule has 1 N–H and O–H groups in total. The molecule has 0 spiro atoms. The smallest absolute Gasteiger partial charge is 0.373 e. The Balaban J connectivity index is 2.05. The molecule has 2 heterocycles. The summed E-state index contributed by atoms with van der Waals surface area (Å²) in [6, 6.07) is 8.07. The largest absolute Gasteiger partial charge is 0.475 e. The van der Waals surface area contributed by atoms with E-state index in [2.05, 4.69) is 9.97 Å². The normalized spacial score (nSPS) is 10.8. The number of carboxylic acid groups (broad SMARTS) is 1. The van der Waals surface area contributed by atoms with Crippen LogP contribution in [0.3, 0.4) is 0 Å². The maximum Gasteiger partial charge on any atom is 0.373 e. The fraction of sp³-hybridized carbons (Fsp3) is 0.0714. The summed E-state index contributed by atoms with van der Waals surface area (Å²) in [6.45, 7) is 0. The van der Waals surface area contributed by atoms with Crippen molar-refractivity contribution < 1.29 is 9.90 Å². The van der Waals surface area contributed by atoms with Crippen LogP contribution in [-0.2, 0) is 7.05 Å². The van der Waals surface area contributed by atoms with Crippen LogP contribution >= 0.6 is 0 Å². The van der Waals surface area contributed by atoms with Crippen molar-refractivity contribution in [3.05, 3.63) is 48.7 Å². The molecule has 3 aromatic rings. The fourth-order valence-corrected chi connectivity index (χ4v) is 2.05. The van der Waals surface area contributed by atoms with Gasteiger partial charge in [0.25, 0.3) is 0 Å². The Kier molecular flexibility index (Phi) is 2.52. The van der Waals surface area contributed by atoms with Crippen molar-refractivity contribution in [2.45, 2.75) is 0 Å². The lowest BCUT2D eigenvalue weighted by Crippen LogP contribution is -2.03. The zero-order chi connectivity index (χ0) is 13.4. The first-order valence-corrected chi connectivity index (χ1v) is 5.76. The maximum atomic E-state index is 10.7. The third kappa shape index (κ3) is 1.95. The molecule has 19 heavy (non-hydrogen) atoms. The number of aromatic nitrogens is 3. The number of aryl methyl sites for hydroxylation is 1. The van der Waals surface area contributed by atoms with Crippen LogP contribution in [0.1, 0.15) is 10.6 Å². The number of carboxylic acids is 1. The molecule has 0 aliphatic carbocycles. The van der Waals surface area contributed by atoms with Crippen LogP contribution in [0.5, 0.6) is 0 Å². The quantitative estimate of drug-likeness (QED) is 0.761. The molecule has 94 valence electrons. The van der Waals surface area contributed by atoms with Gasteiger partial charge in [0, 0.05) is 42.1 Å². The molecular formula is C14H11N3O2. The summed E-state index contributed by atoms with van der Waals surface area (Å²) in [6.07, 6.45) is 5.06. The van der Waals surface area contributed by atoms with Crippen molar-refractivity contribution in [2.24, 2.45) is 7.05 Å². The predicted molar refractivity (Wildman–Crippen MR) is 70.9 cm³/mol. The van der Waals surface area contributed by atoms with Crippen LogP contribution < -0.4 is 0 Å². The van der Waals surface area contributed by atoms with E-state index in [0.29, 0.717) is 0 Å². The lowest BCUT2D eigenvalue weighted by Gasteiger charge is -2.02. The number of aromatic carboxylic acids is 1. The van der Waals surface area contributed by atoms with E-state index in [1.54, 1.807) is 0 Å². The number of rotatable bonds is 2. The summed E-state index contributed by atoms with van der Waals surface area (Å²) in [5, 5.41) is 9.89. The van der Waals surface area contributed by atoms with Crippen molar-refractivity contribution in [1.29, 1.82) is 0 Å². The average Bonchev–Trinajstić information content (AvgIpc) is 2.80. The van der Waals surface area contributed by atoms with Crippen molar-refractivity contribution in [2.75, 3.05) is 0 Å². The molecule has 5 nitrogen and oxygen atoms in total. The van der Waals surface area contributed by atoms with E-state index < -0.39 is 5.97 Å². The molecule has 5 heteroatoms. The molecule has 0 fully saturated rings. The van der Waals surface area contributed by atoms with Gasteiger partial charge in [0.05, 0.1) is 0 Å². The Bertz CT molecular complexity index is 760. The first kappa shape index (κ1) is 11.4. The minimum absolute atomic E-state index is 0.190. The van der Waals surface area contributed by atoms with Gasteiger partial charge in [0.2, 0.25) is 5.82 Å². The van der Waals surface area contributed by atoms with Gasteiger partial charge in [-0.15, -0.1) is 0 Å². The number of carbonyl (C=O) groups is 1. The second-order valence-corrected chi connectivity index (χ2v) is 4.30. The van der Waals surface area contributed by atoms with Crippen molar-refractivity contribution >= 4 is 16.9 Å². The Morgan fingerprint density at radius 1 is 1.16 bits per heavy atom. The van der Waals surface area contributed by atoms with Crippen LogP contribution in [0.2, 0.25) is 0 Å². The molecule has 3 rings (SSSR count). The Morgan fingerprint density at radius 2 is 1.89 bits per heavy atom. The van der Waals surface area contributed by atoms with Crippen LogP contribution in [0.25, 0.3) is 22.0 Å². The first-order valence-electron chi connectivity index (χ1n) is 5.76. The Hall–Kier alpha value is -2.69. The van der Waals surface area contributed by atoms with Gasteiger partial charge < -0.3 is 9.67 Å². The van der Waals surface area contributed by atoms with E-state index in [9.17, 15) is 4.79 Å². The minimum atomic E-state index is -1.12. The van der Waals surface area contributed by atoms with Gasteiger partial charge in [-0.2, -0.15) is 0 Å².